The highest BCUT2D eigenvalue weighted by Gasteiger charge is 2.22. The Bertz CT molecular complexity index is 924. The zero-order chi connectivity index (χ0) is 19.6. The van der Waals surface area contributed by atoms with E-state index in [0.29, 0.717) is 24.7 Å². The van der Waals surface area contributed by atoms with Crippen LogP contribution in [0.5, 0.6) is 11.5 Å². The van der Waals surface area contributed by atoms with Crippen LogP contribution in [0.4, 0.5) is 5.69 Å². The average molecular weight is 404 g/mol. The molecule has 0 aliphatic carbocycles. The van der Waals surface area contributed by atoms with Crippen LogP contribution in [0.15, 0.2) is 47.4 Å². The summed E-state index contributed by atoms with van der Waals surface area (Å²) in [6.07, 6.45) is 0. The summed E-state index contributed by atoms with van der Waals surface area (Å²) < 4.78 is 44.6. The Balaban J connectivity index is 1.47. The van der Waals surface area contributed by atoms with Crippen molar-refractivity contribution in [1.29, 1.82) is 0 Å². The summed E-state index contributed by atoms with van der Waals surface area (Å²) in [4.78, 5) is 2.42. The van der Waals surface area contributed by atoms with Gasteiger partial charge in [0.2, 0.25) is 10.0 Å². The molecule has 0 spiro atoms. The highest BCUT2D eigenvalue weighted by atomic mass is 32.2. The van der Waals surface area contributed by atoms with Crippen molar-refractivity contribution in [2.24, 2.45) is 0 Å². The smallest absolute Gasteiger partial charge is 0.241 e. The van der Waals surface area contributed by atoms with Crippen molar-refractivity contribution >= 4 is 15.7 Å². The lowest BCUT2D eigenvalue weighted by atomic mass is 10.1. The lowest BCUT2D eigenvalue weighted by molar-refractivity contribution is 0.122. The van der Waals surface area contributed by atoms with Gasteiger partial charge in [-0.3, -0.25) is 0 Å². The Labute approximate surface area is 165 Å². The minimum absolute atomic E-state index is 0.161. The van der Waals surface area contributed by atoms with Crippen LogP contribution in [-0.4, -0.2) is 47.9 Å². The molecule has 1 fully saturated rings. The molecular formula is C20H24N2O5S. The van der Waals surface area contributed by atoms with Crippen molar-refractivity contribution in [2.45, 2.75) is 17.9 Å². The molecule has 2 aromatic carbocycles. The number of anilines is 1. The fourth-order valence-corrected chi connectivity index (χ4v) is 4.60. The van der Waals surface area contributed by atoms with E-state index in [0.717, 1.165) is 37.6 Å². The summed E-state index contributed by atoms with van der Waals surface area (Å²) in [6.45, 7) is 5.90. The van der Waals surface area contributed by atoms with Gasteiger partial charge in [0.1, 0.15) is 13.2 Å². The van der Waals surface area contributed by atoms with E-state index in [1.54, 1.807) is 6.07 Å². The number of hydrogen-bond acceptors (Lipinski definition) is 6. The van der Waals surface area contributed by atoms with Gasteiger partial charge in [-0.05, 0) is 36.8 Å². The van der Waals surface area contributed by atoms with Gasteiger partial charge in [-0.15, -0.1) is 0 Å². The number of benzene rings is 2. The van der Waals surface area contributed by atoms with E-state index in [2.05, 4.69) is 9.62 Å². The number of morpholine rings is 1. The first kappa shape index (κ1) is 19.0. The summed E-state index contributed by atoms with van der Waals surface area (Å²) in [7, 11) is -3.68. The molecule has 28 heavy (non-hydrogen) atoms. The molecule has 150 valence electrons. The third kappa shape index (κ3) is 4.09. The van der Waals surface area contributed by atoms with E-state index in [1.165, 1.54) is 12.1 Å². The summed E-state index contributed by atoms with van der Waals surface area (Å²) in [6, 6.07) is 12.3. The van der Waals surface area contributed by atoms with Crippen molar-refractivity contribution in [3.05, 3.63) is 48.0 Å². The number of rotatable bonds is 5. The molecule has 0 amide bonds. The number of hydrogen-bond donors (Lipinski definition) is 1. The monoisotopic (exact) mass is 404 g/mol. The zero-order valence-electron chi connectivity index (χ0n) is 15.8. The molecule has 0 bridgehead atoms. The fraction of sp³-hybridized carbons (Fsp3) is 0.400. The van der Waals surface area contributed by atoms with Crippen molar-refractivity contribution in [3.8, 4) is 11.5 Å². The maximum Gasteiger partial charge on any atom is 0.241 e. The van der Waals surface area contributed by atoms with Crippen LogP contribution in [0.3, 0.4) is 0 Å². The molecule has 0 saturated carbocycles. The summed E-state index contributed by atoms with van der Waals surface area (Å²) in [5.41, 5.74) is 2.02. The molecule has 2 heterocycles. The summed E-state index contributed by atoms with van der Waals surface area (Å²) >= 11 is 0. The molecule has 1 saturated heterocycles. The normalized spacial score (nSPS) is 18.0. The van der Waals surface area contributed by atoms with E-state index < -0.39 is 10.0 Å². The minimum Gasteiger partial charge on any atom is -0.486 e. The highest BCUT2D eigenvalue weighted by Crippen LogP contribution is 2.32. The molecule has 0 unspecified atom stereocenters. The third-order valence-corrected chi connectivity index (χ3v) is 6.46. The predicted molar refractivity (Wildman–Crippen MR) is 106 cm³/mol. The van der Waals surface area contributed by atoms with E-state index in [4.69, 9.17) is 14.2 Å². The van der Waals surface area contributed by atoms with Crippen LogP contribution in [0.1, 0.15) is 18.5 Å². The topological polar surface area (TPSA) is 77.1 Å². The van der Waals surface area contributed by atoms with Crippen LogP contribution < -0.4 is 19.1 Å². The number of sulfonamides is 1. The van der Waals surface area contributed by atoms with Crippen LogP contribution >= 0.6 is 0 Å². The molecule has 1 atom stereocenters. The van der Waals surface area contributed by atoms with Gasteiger partial charge in [0.25, 0.3) is 0 Å². The highest BCUT2D eigenvalue weighted by molar-refractivity contribution is 7.89. The number of fused-ring (bicyclic) bond motifs is 1. The van der Waals surface area contributed by atoms with Crippen LogP contribution in [0, 0.1) is 0 Å². The van der Waals surface area contributed by atoms with E-state index in [9.17, 15) is 8.42 Å². The number of ether oxygens (including phenoxy) is 3. The second-order valence-corrected chi connectivity index (χ2v) is 8.55. The molecule has 8 heteroatoms. The average Bonchev–Trinajstić information content (AvgIpc) is 2.74. The molecule has 1 N–H and O–H groups in total. The Kier molecular flexibility index (Phi) is 5.43. The van der Waals surface area contributed by atoms with E-state index in [-0.39, 0.29) is 10.9 Å². The van der Waals surface area contributed by atoms with Crippen LogP contribution in [0.25, 0.3) is 0 Å². The first-order chi connectivity index (χ1) is 13.5. The standard InChI is InChI=1S/C20H24N2O5S/c1-15(16-2-4-17(5-3-16)22-8-10-25-11-9-22)21-28(23,24)18-6-7-19-20(14-18)27-13-12-26-19/h2-7,14-15,21H,8-13H2,1H3/t15-/m0/s1. The lowest BCUT2D eigenvalue weighted by Gasteiger charge is -2.29. The van der Waals surface area contributed by atoms with Gasteiger partial charge in [-0.1, -0.05) is 12.1 Å². The fourth-order valence-electron chi connectivity index (χ4n) is 3.36. The SMILES string of the molecule is C[C@H](NS(=O)(=O)c1ccc2c(c1)OCCO2)c1ccc(N2CCOCC2)cc1. The van der Waals surface area contributed by atoms with Crippen molar-refractivity contribution in [1.82, 2.24) is 4.72 Å². The van der Waals surface area contributed by atoms with Crippen molar-refractivity contribution in [2.75, 3.05) is 44.4 Å². The first-order valence-corrected chi connectivity index (χ1v) is 10.9. The van der Waals surface area contributed by atoms with E-state index >= 15 is 0 Å². The second kappa shape index (κ2) is 7.98. The lowest BCUT2D eigenvalue weighted by Crippen LogP contribution is -2.36. The number of nitrogens with zero attached hydrogens (tertiary/aromatic N) is 1. The van der Waals surface area contributed by atoms with E-state index in [1.807, 2.05) is 31.2 Å². The molecule has 2 aliphatic rings. The molecule has 4 rings (SSSR count). The molecule has 0 radical (unpaired) electrons. The Morgan fingerprint density at radius 1 is 0.929 bits per heavy atom. The van der Waals surface area contributed by atoms with Gasteiger partial charge < -0.3 is 19.1 Å². The van der Waals surface area contributed by atoms with Gasteiger partial charge in [0.15, 0.2) is 11.5 Å². The quantitative estimate of drug-likeness (QED) is 0.824. The first-order valence-electron chi connectivity index (χ1n) is 9.37. The molecule has 0 aromatic heterocycles. The Hall–Kier alpha value is -2.29. The predicted octanol–water partition coefficient (Wildman–Crippen LogP) is 2.33. The maximum atomic E-state index is 12.8. The Morgan fingerprint density at radius 2 is 1.61 bits per heavy atom. The molecular weight excluding hydrogens is 380 g/mol. The van der Waals surface area contributed by atoms with Crippen molar-refractivity contribution in [3.63, 3.8) is 0 Å². The van der Waals surface area contributed by atoms with Gasteiger partial charge in [0, 0.05) is 30.9 Å². The summed E-state index contributed by atoms with van der Waals surface area (Å²) in [5.74, 6) is 1.02. The largest absolute Gasteiger partial charge is 0.486 e. The van der Waals surface area contributed by atoms with Gasteiger partial charge in [0.05, 0.1) is 18.1 Å². The molecule has 2 aromatic rings. The van der Waals surface area contributed by atoms with Crippen LogP contribution in [-0.2, 0) is 14.8 Å². The summed E-state index contributed by atoms with van der Waals surface area (Å²) in [5, 5.41) is 0. The third-order valence-electron chi connectivity index (χ3n) is 4.93. The van der Waals surface area contributed by atoms with Gasteiger partial charge >= 0.3 is 0 Å². The molecule has 2 aliphatic heterocycles. The second-order valence-electron chi connectivity index (χ2n) is 6.84. The maximum absolute atomic E-state index is 12.8. The van der Waals surface area contributed by atoms with Crippen molar-refractivity contribution < 1.29 is 22.6 Å². The van der Waals surface area contributed by atoms with Crippen LogP contribution in [0.2, 0.25) is 0 Å². The Morgan fingerprint density at radius 3 is 2.32 bits per heavy atom. The minimum atomic E-state index is -3.68. The number of nitrogens with one attached hydrogen (secondary N) is 1. The zero-order valence-corrected chi connectivity index (χ0v) is 16.6. The van der Waals surface area contributed by atoms with Gasteiger partial charge in [-0.25, -0.2) is 13.1 Å². The van der Waals surface area contributed by atoms with Gasteiger partial charge in [-0.2, -0.15) is 0 Å². The molecule has 7 nitrogen and oxygen atoms in total.